The lowest BCUT2D eigenvalue weighted by Gasteiger charge is -2.49. The molecule has 3 saturated heterocycles. The van der Waals surface area contributed by atoms with Crippen molar-refractivity contribution >= 4 is 0 Å². The van der Waals surface area contributed by atoms with E-state index in [0.29, 0.717) is 6.04 Å². The fourth-order valence-electron chi connectivity index (χ4n) is 4.29. The van der Waals surface area contributed by atoms with Crippen LogP contribution in [0.1, 0.15) is 38.5 Å². The average molecular weight is 237 g/mol. The molecular weight excluding hydrogens is 210 g/mol. The van der Waals surface area contributed by atoms with Gasteiger partial charge in [-0.3, -0.25) is 4.90 Å². The monoisotopic (exact) mass is 237 g/mol. The van der Waals surface area contributed by atoms with Crippen molar-refractivity contribution in [3.63, 3.8) is 0 Å². The summed E-state index contributed by atoms with van der Waals surface area (Å²) in [7, 11) is 2.26. The number of rotatable bonds is 2. The Balaban J connectivity index is 1.62. The highest BCUT2D eigenvalue weighted by molar-refractivity contribution is 4.95. The quantitative estimate of drug-likeness (QED) is 0.785. The van der Waals surface area contributed by atoms with Gasteiger partial charge in [0.25, 0.3) is 0 Å². The molecule has 98 valence electrons. The Bertz CT molecular complexity index is 254. The molecule has 0 saturated carbocycles. The van der Waals surface area contributed by atoms with E-state index in [1.54, 1.807) is 0 Å². The molecule has 0 spiro atoms. The van der Waals surface area contributed by atoms with Crippen LogP contribution in [0.3, 0.4) is 0 Å². The lowest BCUT2D eigenvalue weighted by Crippen LogP contribution is -2.56. The van der Waals surface area contributed by atoms with Crippen molar-refractivity contribution in [2.24, 2.45) is 11.7 Å². The van der Waals surface area contributed by atoms with Gasteiger partial charge >= 0.3 is 0 Å². The van der Waals surface area contributed by atoms with E-state index in [0.717, 1.165) is 18.0 Å². The zero-order valence-corrected chi connectivity index (χ0v) is 11.1. The van der Waals surface area contributed by atoms with E-state index >= 15 is 0 Å². The molecule has 3 heterocycles. The highest BCUT2D eigenvalue weighted by Gasteiger charge is 2.38. The maximum Gasteiger partial charge on any atom is 0.0113 e. The van der Waals surface area contributed by atoms with Crippen molar-refractivity contribution in [2.75, 3.05) is 26.7 Å². The Morgan fingerprint density at radius 2 is 1.82 bits per heavy atom. The van der Waals surface area contributed by atoms with Crippen LogP contribution in [0.2, 0.25) is 0 Å². The van der Waals surface area contributed by atoms with Gasteiger partial charge in [0.2, 0.25) is 0 Å². The minimum atomic E-state index is 0.479. The predicted molar refractivity (Wildman–Crippen MR) is 70.9 cm³/mol. The van der Waals surface area contributed by atoms with E-state index < -0.39 is 0 Å². The largest absolute Gasteiger partial charge is 0.328 e. The average Bonchev–Trinajstić information content (AvgIpc) is 2.65. The number of nitrogens with two attached hydrogens (primary N) is 1. The van der Waals surface area contributed by atoms with Crippen LogP contribution in [-0.4, -0.2) is 54.6 Å². The SMILES string of the molecule is CN1CCC(CN2C3CCCC2CC(N)C3)C1. The number of nitrogens with zero attached hydrogens (tertiary/aromatic N) is 2. The molecule has 3 heteroatoms. The van der Waals surface area contributed by atoms with Crippen LogP contribution in [0.25, 0.3) is 0 Å². The molecular formula is C14H27N3. The molecule has 3 unspecified atom stereocenters. The third kappa shape index (κ3) is 2.51. The lowest BCUT2D eigenvalue weighted by molar-refractivity contribution is 0.0197. The minimum Gasteiger partial charge on any atom is -0.328 e. The van der Waals surface area contributed by atoms with E-state index in [1.165, 1.54) is 58.2 Å². The van der Waals surface area contributed by atoms with Gasteiger partial charge in [0.1, 0.15) is 0 Å². The molecule has 3 rings (SSSR count). The number of fused-ring (bicyclic) bond motifs is 2. The van der Waals surface area contributed by atoms with Gasteiger partial charge in [-0.15, -0.1) is 0 Å². The topological polar surface area (TPSA) is 32.5 Å². The van der Waals surface area contributed by atoms with Crippen LogP contribution in [0.4, 0.5) is 0 Å². The molecule has 0 aromatic heterocycles. The molecule has 3 aliphatic rings. The summed E-state index contributed by atoms with van der Waals surface area (Å²) in [6, 6.07) is 2.10. The Hall–Kier alpha value is -0.120. The molecule has 0 aromatic rings. The van der Waals surface area contributed by atoms with Gasteiger partial charge < -0.3 is 10.6 Å². The van der Waals surface area contributed by atoms with E-state index in [1.807, 2.05) is 0 Å². The first-order valence-corrected chi connectivity index (χ1v) is 7.42. The molecule has 2 bridgehead atoms. The fraction of sp³-hybridized carbons (Fsp3) is 1.00. The molecule has 2 N–H and O–H groups in total. The second kappa shape index (κ2) is 4.87. The molecule has 0 radical (unpaired) electrons. The number of piperidine rings is 2. The first kappa shape index (κ1) is 11.9. The maximum absolute atomic E-state index is 6.18. The lowest BCUT2D eigenvalue weighted by atomic mass is 9.81. The van der Waals surface area contributed by atoms with Gasteiger partial charge in [0, 0.05) is 31.2 Å². The summed E-state index contributed by atoms with van der Waals surface area (Å²) in [5.74, 6) is 0.914. The standard InChI is InChI=1S/C14H27N3/c1-16-6-5-11(9-16)10-17-13-3-2-4-14(17)8-12(15)7-13/h11-14H,2-10,15H2,1H3. The molecule has 0 aromatic carbocycles. The van der Waals surface area contributed by atoms with Crippen molar-refractivity contribution < 1.29 is 0 Å². The van der Waals surface area contributed by atoms with Crippen molar-refractivity contribution in [3.8, 4) is 0 Å². The smallest absolute Gasteiger partial charge is 0.0113 e. The van der Waals surface area contributed by atoms with Crippen LogP contribution >= 0.6 is 0 Å². The minimum absolute atomic E-state index is 0.479. The molecule has 3 fully saturated rings. The predicted octanol–water partition coefficient (Wildman–Crippen LogP) is 1.28. The summed E-state index contributed by atoms with van der Waals surface area (Å²) in [4.78, 5) is 5.31. The maximum atomic E-state index is 6.18. The van der Waals surface area contributed by atoms with Crippen molar-refractivity contribution in [1.29, 1.82) is 0 Å². The van der Waals surface area contributed by atoms with Crippen LogP contribution in [-0.2, 0) is 0 Å². The van der Waals surface area contributed by atoms with E-state index in [9.17, 15) is 0 Å². The Morgan fingerprint density at radius 3 is 2.41 bits per heavy atom. The molecule has 0 aliphatic carbocycles. The molecule has 0 amide bonds. The van der Waals surface area contributed by atoms with Gasteiger partial charge in [-0.25, -0.2) is 0 Å². The van der Waals surface area contributed by atoms with Crippen molar-refractivity contribution in [2.45, 2.75) is 56.7 Å². The van der Waals surface area contributed by atoms with Crippen molar-refractivity contribution in [3.05, 3.63) is 0 Å². The Kier molecular flexibility index (Phi) is 3.42. The van der Waals surface area contributed by atoms with Gasteiger partial charge in [-0.05, 0) is 51.6 Å². The van der Waals surface area contributed by atoms with Gasteiger partial charge in [-0.1, -0.05) is 6.42 Å². The van der Waals surface area contributed by atoms with Crippen molar-refractivity contribution in [1.82, 2.24) is 9.80 Å². The molecule has 3 atom stereocenters. The highest BCUT2D eigenvalue weighted by atomic mass is 15.2. The van der Waals surface area contributed by atoms with E-state index in [2.05, 4.69) is 16.8 Å². The summed E-state index contributed by atoms with van der Waals surface area (Å²) in [5, 5.41) is 0. The third-order valence-corrected chi connectivity index (χ3v) is 5.12. The summed E-state index contributed by atoms with van der Waals surface area (Å²) < 4.78 is 0. The van der Waals surface area contributed by atoms with Crippen LogP contribution in [0.5, 0.6) is 0 Å². The van der Waals surface area contributed by atoms with Crippen LogP contribution in [0, 0.1) is 5.92 Å². The van der Waals surface area contributed by atoms with E-state index in [-0.39, 0.29) is 0 Å². The second-order valence-electron chi connectivity index (χ2n) is 6.58. The Labute approximate surface area is 105 Å². The summed E-state index contributed by atoms with van der Waals surface area (Å²) >= 11 is 0. The molecule has 17 heavy (non-hydrogen) atoms. The summed E-state index contributed by atoms with van der Waals surface area (Å²) in [6.45, 7) is 3.95. The van der Waals surface area contributed by atoms with Gasteiger partial charge in [0.15, 0.2) is 0 Å². The molecule has 3 aliphatic heterocycles. The summed E-state index contributed by atoms with van der Waals surface area (Å²) in [6.07, 6.45) is 8.12. The third-order valence-electron chi connectivity index (χ3n) is 5.12. The second-order valence-corrected chi connectivity index (χ2v) is 6.58. The highest BCUT2D eigenvalue weighted by Crippen LogP contribution is 2.34. The zero-order valence-electron chi connectivity index (χ0n) is 11.1. The molecule has 3 nitrogen and oxygen atoms in total. The zero-order chi connectivity index (χ0) is 11.8. The Morgan fingerprint density at radius 1 is 1.12 bits per heavy atom. The number of hydrogen-bond donors (Lipinski definition) is 1. The van der Waals surface area contributed by atoms with Crippen LogP contribution < -0.4 is 5.73 Å². The van der Waals surface area contributed by atoms with E-state index in [4.69, 9.17) is 5.73 Å². The summed E-state index contributed by atoms with van der Waals surface area (Å²) in [5.41, 5.74) is 6.18. The number of hydrogen-bond acceptors (Lipinski definition) is 3. The van der Waals surface area contributed by atoms with Gasteiger partial charge in [-0.2, -0.15) is 0 Å². The normalized spacial score (nSPS) is 44.1. The first-order valence-electron chi connectivity index (χ1n) is 7.42. The number of likely N-dealkylation sites (tertiary alicyclic amines) is 1. The van der Waals surface area contributed by atoms with Crippen LogP contribution in [0.15, 0.2) is 0 Å². The van der Waals surface area contributed by atoms with Gasteiger partial charge in [0.05, 0.1) is 0 Å². The fourth-order valence-corrected chi connectivity index (χ4v) is 4.29. The first-order chi connectivity index (χ1) is 8.22.